The molecule has 3 aromatic rings. The van der Waals surface area contributed by atoms with Crippen molar-refractivity contribution in [1.82, 2.24) is 20.0 Å². The Hall–Kier alpha value is -2.08. The molecule has 0 aliphatic carbocycles. The number of rotatable bonds is 6. The Kier molecular flexibility index (Phi) is 4.58. The Labute approximate surface area is 133 Å². The highest BCUT2D eigenvalue weighted by Crippen LogP contribution is 2.18. The Morgan fingerprint density at radius 1 is 1.23 bits per heavy atom. The molecule has 3 rings (SSSR count). The molecule has 2 aromatic heterocycles. The van der Waals surface area contributed by atoms with Crippen molar-refractivity contribution >= 4 is 11.8 Å². The number of thioether (sulfide) groups is 1. The summed E-state index contributed by atoms with van der Waals surface area (Å²) < 4.78 is 7.34. The summed E-state index contributed by atoms with van der Waals surface area (Å²) in [6, 6.07) is 9.87. The summed E-state index contributed by atoms with van der Waals surface area (Å²) in [5, 5.41) is 8.91. The predicted octanol–water partition coefficient (Wildman–Crippen LogP) is 3.28. The van der Waals surface area contributed by atoms with E-state index in [0.717, 1.165) is 23.4 Å². The highest BCUT2D eigenvalue weighted by molar-refractivity contribution is 7.99. The van der Waals surface area contributed by atoms with Gasteiger partial charge in [-0.15, -0.1) is 5.10 Å². The van der Waals surface area contributed by atoms with E-state index < -0.39 is 0 Å². The van der Waals surface area contributed by atoms with Crippen molar-refractivity contribution in [3.63, 3.8) is 0 Å². The minimum Gasteiger partial charge on any atom is -0.444 e. The lowest BCUT2D eigenvalue weighted by Gasteiger charge is -2.03. The van der Waals surface area contributed by atoms with Crippen molar-refractivity contribution in [3.8, 4) is 11.5 Å². The van der Waals surface area contributed by atoms with E-state index in [1.165, 1.54) is 0 Å². The first-order valence-electron chi connectivity index (χ1n) is 7.16. The molecule has 22 heavy (non-hydrogen) atoms. The first-order chi connectivity index (χ1) is 10.7. The summed E-state index contributed by atoms with van der Waals surface area (Å²) in [7, 11) is 0. The fourth-order valence-electron chi connectivity index (χ4n) is 2.15. The monoisotopic (exact) mass is 314 g/mol. The van der Waals surface area contributed by atoms with Gasteiger partial charge in [-0.05, 0) is 18.4 Å². The van der Waals surface area contributed by atoms with Crippen LogP contribution in [-0.2, 0) is 13.0 Å². The largest absolute Gasteiger partial charge is 0.444 e. The summed E-state index contributed by atoms with van der Waals surface area (Å²) in [6.45, 7) is 2.75. The van der Waals surface area contributed by atoms with Gasteiger partial charge >= 0.3 is 0 Å². The quantitative estimate of drug-likeness (QED) is 0.699. The van der Waals surface area contributed by atoms with Gasteiger partial charge in [0.25, 0.3) is 0 Å². The molecule has 1 atom stereocenters. The summed E-state index contributed by atoms with van der Waals surface area (Å²) in [5.74, 6) is 0.631. The topological polar surface area (TPSA) is 56.7 Å². The van der Waals surface area contributed by atoms with Crippen LogP contribution >= 0.6 is 11.8 Å². The molecular formula is C16H18N4OS. The van der Waals surface area contributed by atoms with Gasteiger partial charge in [0.05, 0.1) is 12.2 Å². The standard InChI is InChI=1S/C16H18N4OS/c1-12(22-2)8-14-9-20(19-18-14)10-15-11-21-16(17-15)13-6-4-3-5-7-13/h3-7,9,11-12H,8,10H2,1-2H3/t12-/m1/s1. The van der Waals surface area contributed by atoms with Crippen molar-refractivity contribution in [1.29, 1.82) is 0 Å². The molecule has 1 aromatic carbocycles. The minimum absolute atomic E-state index is 0.543. The third kappa shape index (κ3) is 3.57. The second-order valence-corrected chi connectivity index (χ2v) is 6.44. The number of oxazole rings is 1. The van der Waals surface area contributed by atoms with Gasteiger partial charge in [-0.3, -0.25) is 0 Å². The second-order valence-electron chi connectivity index (χ2n) is 5.17. The summed E-state index contributed by atoms with van der Waals surface area (Å²) >= 11 is 1.83. The molecule has 0 saturated carbocycles. The van der Waals surface area contributed by atoms with Gasteiger partial charge < -0.3 is 4.42 Å². The Morgan fingerprint density at radius 2 is 2.05 bits per heavy atom. The van der Waals surface area contributed by atoms with Crippen LogP contribution in [0.15, 0.2) is 47.2 Å². The fraction of sp³-hybridized carbons (Fsp3) is 0.312. The van der Waals surface area contributed by atoms with Crippen LogP contribution in [0.2, 0.25) is 0 Å². The number of nitrogens with zero attached hydrogens (tertiary/aromatic N) is 4. The molecule has 0 radical (unpaired) electrons. The van der Waals surface area contributed by atoms with Crippen molar-refractivity contribution in [2.24, 2.45) is 0 Å². The van der Waals surface area contributed by atoms with E-state index in [1.54, 1.807) is 10.9 Å². The number of hydrogen-bond donors (Lipinski definition) is 0. The van der Waals surface area contributed by atoms with E-state index in [1.807, 2.05) is 48.3 Å². The highest BCUT2D eigenvalue weighted by Gasteiger charge is 2.09. The fourth-order valence-corrected chi connectivity index (χ4v) is 2.48. The number of hydrogen-bond acceptors (Lipinski definition) is 5. The van der Waals surface area contributed by atoms with Crippen LogP contribution in [0.5, 0.6) is 0 Å². The molecule has 2 heterocycles. The molecule has 114 valence electrons. The zero-order chi connectivity index (χ0) is 15.4. The SMILES string of the molecule is CS[C@H](C)Cc1cn(Cc2coc(-c3ccccc3)n2)nn1. The molecule has 0 N–H and O–H groups in total. The molecule has 0 unspecified atom stereocenters. The van der Waals surface area contributed by atoms with E-state index in [-0.39, 0.29) is 0 Å². The van der Waals surface area contributed by atoms with Crippen molar-refractivity contribution in [2.75, 3.05) is 6.26 Å². The Morgan fingerprint density at radius 3 is 2.82 bits per heavy atom. The lowest BCUT2D eigenvalue weighted by molar-refractivity contribution is 0.568. The molecule has 0 bridgehead atoms. The summed E-state index contributed by atoms with van der Waals surface area (Å²) in [5.41, 5.74) is 2.82. The van der Waals surface area contributed by atoms with Gasteiger partial charge in [0.15, 0.2) is 0 Å². The Balaban J connectivity index is 1.68. The third-order valence-electron chi connectivity index (χ3n) is 3.38. The first-order valence-corrected chi connectivity index (χ1v) is 8.45. The van der Waals surface area contributed by atoms with Crippen LogP contribution in [0, 0.1) is 0 Å². The normalized spacial score (nSPS) is 12.5. The van der Waals surface area contributed by atoms with Crippen molar-refractivity contribution in [3.05, 3.63) is 54.2 Å². The zero-order valence-corrected chi connectivity index (χ0v) is 13.5. The molecule has 0 amide bonds. The molecular weight excluding hydrogens is 296 g/mol. The average molecular weight is 314 g/mol. The van der Waals surface area contributed by atoms with Gasteiger partial charge in [-0.2, -0.15) is 11.8 Å². The third-order valence-corrected chi connectivity index (χ3v) is 4.35. The molecule has 5 nitrogen and oxygen atoms in total. The van der Waals surface area contributed by atoms with Crippen LogP contribution < -0.4 is 0 Å². The van der Waals surface area contributed by atoms with Gasteiger partial charge in [0.2, 0.25) is 5.89 Å². The van der Waals surface area contributed by atoms with Crippen LogP contribution in [-0.4, -0.2) is 31.5 Å². The molecule has 0 saturated heterocycles. The van der Waals surface area contributed by atoms with Gasteiger partial charge in [0, 0.05) is 23.4 Å². The first kappa shape index (κ1) is 14.8. The Bertz CT molecular complexity index is 723. The molecule has 0 spiro atoms. The van der Waals surface area contributed by atoms with Crippen molar-refractivity contribution in [2.45, 2.75) is 25.1 Å². The maximum absolute atomic E-state index is 5.54. The van der Waals surface area contributed by atoms with E-state index >= 15 is 0 Å². The van der Waals surface area contributed by atoms with Gasteiger partial charge in [-0.25, -0.2) is 9.67 Å². The van der Waals surface area contributed by atoms with Crippen LogP contribution in [0.1, 0.15) is 18.3 Å². The molecule has 0 aliphatic heterocycles. The molecule has 0 aliphatic rings. The van der Waals surface area contributed by atoms with Gasteiger partial charge in [-0.1, -0.05) is 30.3 Å². The van der Waals surface area contributed by atoms with Crippen LogP contribution in [0.25, 0.3) is 11.5 Å². The van der Waals surface area contributed by atoms with E-state index in [9.17, 15) is 0 Å². The van der Waals surface area contributed by atoms with Gasteiger partial charge in [0.1, 0.15) is 12.0 Å². The zero-order valence-electron chi connectivity index (χ0n) is 12.6. The molecule has 0 fully saturated rings. The van der Waals surface area contributed by atoms with Crippen LogP contribution in [0.3, 0.4) is 0 Å². The number of aromatic nitrogens is 4. The summed E-state index contributed by atoms with van der Waals surface area (Å²) in [4.78, 5) is 4.50. The minimum atomic E-state index is 0.543. The lowest BCUT2D eigenvalue weighted by Crippen LogP contribution is -2.01. The second kappa shape index (κ2) is 6.79. The maximum atomic E-state index is 5.54. The highest BCUT2D eigenvalue weighted by atomic mass is 32.2. The number of benzene rings is 1. The summed E-state index contributed by atoms with van der Waals surface area (Å²) in [6.07, 6.45) is 6.68. The van der Waals surface area contributed by atoms with E-state index in [2.05, 4.69) is 28.5 Å². The predicted molar refractivity (Wildman–Crippen MR) is 87.7 cm³/mol. The van der Waals surface area contributed by atoms with E-state index in [0.29, 0.717) is 17.7 Å². The average Bonchev–Trinajstić information content (AvgIpc) is 3.18. The smallest absolute Gasteiger partial charge is 0.226 e. The van der Waals surface area contributed by atoms with Crippen LogP contribution in [0.4, 0.5) is 0 Å². The van der Waals surface area contributed by atoms with E-state index in [4.69, 9.17) is 4.42 Å². The lowest BCUT2D eigenvalue weighted by atomic mass is 10.2. The van der Waals surface area contributed by atoms with Crippen molar-refractivity contribution < 1.29 is 4.42 Å². The maximum Gasteiger partial charge on any atom is 0.226 e. The molecule has 6 heteroatoms.